The van der Waals surface area contributed by atoms with E-state index in [0.717, 1.165) is 5.56 Å². The average molecular weight is 446 g/mol. The Kier molecular flexibility index (Phi) is 8.63. The Balaban J connectivity index is 2.46. The van der Waals surface area contributed by atoms with Crippen LogP contribution in [0.15, 0.2) is 36.9 Å². The number of allylic oxidation sites excluding steroid dienone is 1. The molecule has 0 unspecified atom stereocenters. The summed E-state index contributed by atoms with van der Waals surface area (Å²) in [5.74, 6) is 1.36. The molecule has 0 aliphatic heterocycles. The number of carbonyl (C=O) groups is 1. The number of esters is 1. The first-order chi connectivity index (χ1) is 15.3. The van der Waals surface area contributed by atoms with E-state index in [0.29, 0.717) is 29.2 Å². The van der Waals surface area contributed by atoms with Crippen molar-refractivity contribution in [3.63, 3.8) is 0 Å². The highest BCUT2D eigenvalue weighted by atomic mass is 16.6. The van der Waals surface area contributed by atoms with E-state index in [-0.39, 0.29) is 17.2 Å². The number of hydrogen-bond donors (Lipinski definition) is 1. The van der Waals surface area contributed by atoms with Crippen molar-refractivity contribution in [2.45, 2.75) is 32.5 Å². The van der Waals surface area contributed by atoms with Gasteiger partial charge in [0, 0.05) is 30.2 Å². The Morgan fingerprint density at radius 2 is 1.47 bits per heavy atom. The van der Waals surface area contributed by atoms with Crippen molar-refractivity contribution >= 4 is 5.97 Å². The number of methoxy groups -OCH3 is 4. The van der Waals surface area contributed by atoms with Gasteiger partial charge in [0.15, 0.2) is 17.6 Å². The highest BCUT2D eigenvalue weighted by Crippen LogP contribution is 2.41. The van der Waals surface area contributed by atoms with Crippen molar-refractivity contribution in [1.82, 2.24) is 0 Å². The van der Waals surface area contributed by atoms with Gasteiger partial charge in [-0.2, -0.15) is 0 Å². The van der Waals surface area contributed by atoms with Crippen LogP contribution in [-0.4, -0.2) is 45.6 Å². The fourth-order valence-corrected chi connectivity index (χ4v) is 3.34. The van der Waals surface area contributed by atoms with Crippen LogP contribution >= 0.6 is 0 Å². The molecule has 0 saturated carbocycles. The largest absolute Gasteiger partial charge is 0.502 e. The minimum absolute atomic E-state index is 0.152. The van der Waals surface area contributed by atoms with Gasteiger partial charge < -0.3 is 33.5 Å². The maximum atomic E-state index is 11.8. The van der Waals surface area contributed by atoms with Crippen LogP contribution in [0.1, 0.15) is 31.1 Å². The Labute approximate surface area is 188 Å². The molecule has 32 heavy (non-hydrogen) atoms. The molecule has 2 aromatic rings. The number of phenols is 1. The van der Waals surface area contributed by atoms with E-state index in [1.807, 2.05) is 0 Å². The second kappa shape index (κ2) is 11.2. The van der Waals surface area contributed by atoms with Crippen LogP contribution in [0, 0.1) is 0 Å². The van der Waals surface area contributed by atoms with Gasteiger partial charge in [0.25, 0.3) is 0 Å². The molecule has 0 radical (unpaired) electrons. The first-order valence-electron chi connectivity index (χ1n) is 9.94. The molecule has 0 saturated heterocycles. The number of benzene rings is 2. The first-order valence-corrected chi connectivity index (χ1v) is 9.94. The number of phenolic OH excluding ortho intramolecular Hbond substituents is 1. The summed E-state index contributed by atoms with van der Waals surface area (Å²) in [5.41, 5.74) is 1.37. The molecule has 8 heteroatoms. The smallest absolute Gasteiger partial charge is 0.303 e. The van der Waals surface area contributed by atoms with Gasteiger partial charge in [-0.1, -0.05) is 6.08 Å². The van der Waals surface area contributed by atoms with Gasteiger partial charge in [-0.3, -0.25) is 4.79 Å². The van der Waals surface area contributed by atoms with Crippen molar-refractivity contribution in [3.05, 3.63) is 48.0 Å². The Morgan fingerprint density at radius 1 is 0.969 bits per heavy atom. The minimum Gasteiger partial charge on any atom is -0.502 e. The van der Waals surface area contributed by atoms with Crippen molar-refractivity contribution < 1.29 is 38.3 Å². The Morgan fingerprint density at radius 3 is 1.88 bits per heavy atom. The maximum Gasteiger partial charge on any atom is 0.303 e. The van der Waals surface area contributed by atoms with Crippen LogP contribution in [0.5, 0.6) is 34.5 Å². The summed E-state index contributed by atoms with van der Waals surface area (Å²) in [7, 11) is 5.96. The molecule has 0 aliphatic rings. The highest BCUT2D eigenvalue weighted by molar-refractivity contribution is 5.66. The number of ether oxygens (including phenoxy) is 6. The molecule has 0 spiro atoms. The summed E-state index contributed by atoms with van der Waals surface area (Å²) >= 11 is 0. The summed E-state index contributed by atoms with van der Waals surface area (Å²) in [6, 6.07) is 6.61. The zero-order chi connectivity index (χ0) is 23.8. The fourth-order valence-electron chi connectivity index (χ4n) is 3.34. The number of hydrogen-bond acceptors (Lipinski definition) is 8. The summed E-state index contributed by atoms with van der Waals surface area (Å²) < 4.78 is 33.1. The molecule has 2 aromatic carbocycles. The molecule has 8 nitrogen and oxygen atoms in total. The lowest BCUT2D eigenvalue weighted by molar-refractivity contribution is -0.151. The molecule has 2 rings (SSSR count). The van der Waals surface area contributed by atoms with Gasteiger partial charge in [0.2, 0.25) is 5.75 Å². The van der Waals surface area contributed by atoms with E-state index in [1.54, 1.807) is 51.5 Å². The van der Waals surface area contributed by atoms with Gasteiger partial charge in [-0.25, -0.2) is 0 Å². The summed E-state index contributed by atoms with van der Waals surface area (Å²) in [5, 5.41) is 10.2. The summed E-state index contributed by atoms with van der Waals surface area (Å²) in [6.07, 6.45) is 0.871. The van der Waals surface area contributed by atoms with Crippen molar-refractivity contribution in [3.8, 4) is 34.5 Å². The Hall–Kier alpha value is -3.55. The average Bonchev–Trinajstić information content (AvgIpc) is 2.78. The minimum atomic E-state index is -0.819. The molecule has 0 fully saturated rings. The molecule has 0 aromatic heterocycles. The highest BCUT2D eigenvalue weighted by Gasteiger charge is 2.28. The van der Waals surface area contributed by atoms with Crippen LogP contribution in [-0.2, 0) is 16.0 Å². The SMILES string of the molecule is C=CCc1c(OC)cc(O[C@H](C)[C@@H](OC(C)=O)c2cc(OC)c(O)c(OC)c2)cc1OC. The fraction of sp³-hybridized carbons (Fsp3) is 0.375. The van der Waals surface area contributed by atoms with Gasteiger partial charge in [-0.15, -0.1) is 6.58 Å². The predicted octanol–water partition coefficient (Wildman–Crippen LogP) is 4.23. The van der Waals surface area contributed by atoms with Crippen molar-refractivity contribution in [2.24, 2.45) is 0 Å². The molecule has 2 atom stereocenters. The maximum absolute atomic E-state index is 11.8. The van der Waals surface area contributed by atoms with Gasteiger partial charge in [0.05, 0.1) is 28.4 Å². The van der Waals surface area contributed by atoms with E-state index in [9.17, 15) is 9.90 Å². The molecule has 0 amide bonds. The normalized spacial score (nSPS) is 12.3. The lowest BCUT2D eigenvalue weighted by Crippen LogP contribution is -2.26. The molecule has 0 aliphatic carbocycles. The van der Waals surface area contributed by atoms with Crippen LogP contribution in [0.3, 0.4) is 0 Å². The van der Waals surface area contributed by atoms with Gasteiger partial charge >= 0.3 is 5.97 Å². The molecule has 1 N–H and O–H groups in total. The van der Waals surface area contributed by atoms with E-state index in [1.165, 1.54) is 21.1 Å². The van der Waals surface area contributed by atoms with Crippen molar-refractivity contribution in [2.75, 3.05) is 28.4 Å². The van der Waals surface area contributed by atoms with E-state index < -0.39 is 18.2 Å². The van der Waals surface area contributed by atoms with Crippen LogP contribution in [0.25, 0.3) is 0 Å². The lowest BCUT2D eigenvalue weighted by atomic mass is 10.0. The lowest BCUT2D eigenvalue weighted by Gasteiger charge is -2.26. The third kappa shape index (κ3) is 5.57. The van der Waals surface area contributed by atoms with E-state index in [4.69, 9.17) is 28.4 Å². The zero-order valence-corrected chi connectivity index (χ0v) is 19.3. The molecular formula is C24H30O8. The van der Waals surface area contributed by atoms with E-state index in [2.05, 4.69) is 6.58 Å². The number of aromatic hydroxyl groups is 1. The molecule has 0 heterocycles. The first kappa shape index (κ1) is 24.7. The summed E-state index contributed by atoms with van der Waals surface area (Å²) in [4.78, 5) is 11.8. The molecule has 0 bridgehead atoms. The second-order valence-corrected chi connectivity index (χ2v) is 6.93. The third-order valence-corrected chi connectivity index (χ3v) is 4.80. The van der Waals surface area contributed by atoms with Gasteiger partial charge in [0.1, 0.15) is 23.4 Å². The predicted molar refractivity (Wildman–Crippen MR) is 119 cm³/mol. The van der Waals surface area contributed by atoms with E-state index >= 15 is 0 Å². The number of carbonyl (C=O) groups excluding carboxylic acids is 1. The zero-order valence-electron chi connectivity index (χ0n) is 19.3. The van der Waals surface area contributed by atoms with Gasteiger partial charge in [-0.05, 0) is 25.5 Å². The van der Waals surface area contributed by atoms with Crippen LogP contribution < -0.4 is 23.7 Å². The monoisotopic (exact) mass is 446 g/mol. The standard InChI is InChI=1S/C24H30O8/c1-8-9-18-19(27-4)12-17(13-20(18)28-5)31-14(2)24(32-15(3)25)16-10-21(29-6)23(26)22(11-16)30-7/h8,10-14,24,26H,1,9H2,2-7H3/t14-,24-/m1/s1. The topological polar surface area (TPSA) is 92.7 Å². The quantitative estimate of drug-likeness (QED) is 0.405. The summed E-state index contributed by atoms with van der Waals surface area (Å²) in [6.45, 7) is 6.84. The van der Waals surface area contributed by atoms with Crippen molar-refractivity contribution in [1.29, 1.82) is 0 Å². The Bertz CT molecular complexity index is 903. The molecular weight excluding hydrogens is 416 g/mol. The molecule has 174 valence electrons. The second-order valence-electron chi connectivity index (χ2n) is 6.93. The number of rotatable bonds is 11. The van der Waals surface area contributed by atoms with Crippen LogP contribution in [0.4, 0.5) is 0 Å². The van der Waals surface area contributed by atoms with Crippen LogP contribution in [0.2, 0.25) is 0 Å². The third-order valence-electron chi connectivity index (χ3n) is 4.80.